The molecule has 0 aliphatic rings. The van der Waals surface area contributed by atoms with Gasteiger partial charge in [0.25, 0.3) is 15.9 Å². The third kappa shape index (κ3) is 4.52. The van der Waals surface area contributed by atoms with Gasteiger partial charge in [0, 0.05) is 22.0 Å². The third-order valence-electron chi connectivity index (χ3n) is 4.22. The summed E-state index contributed by atoms with van der Waals surface area (Å²) >= 11 is 6.08. The third-order valence-corrected chi connectivity index (χ3v) is 6.03. The summed E-state index contributed by atoms with van der Waals surface area (Å²) in [5, 5.41) is 3.35. The quantitative estimate of drug-likeness (QED) is 0.616. The molecule has 0 aromatic heterocycles. The van der Waals surface area contributed by atoms with Crippen molar-refractivity contribution in [1.82, 2.24) is 0 Å². The maximum Gasteiger partial charge on any atom is 0.261 e. The number of nitrogens with one attached hydrogen (secondary N) is 2. The Labute approximate surface area is 169 Å². The Balaban J connectivity index is 1.81. The zero-order valence-corrected chi connectivity index (χ0v) is 16.9. The number of halogens is 1. The second-order valence-corrected chi connectivity index (χ2v) is 8.46. The Morgan fingerprint density at radius 3 is 2.32 bits per heavy atom. The molecular formula is C21H19ClN2O3S. The highest BCUT2D eigenvalue weighted by atomic mass is 35.5. The highest BCUT2D eigenvalue weighted by Gasteiger charge is 2.15. The number of carbonyl (C=O) groups excluding carboxylic acids is 1. The second-order valence-electron chi connectivity index (χ2n) is 6.37. The minimum absolute atomic E-state index is 0.155. The number of aryl methyl sites for hydroxylation is 1. The van der Waals surface area contributed by atoms with Crippen molar-refractivity contribution in [3.05, 3.63) is 88.4 Å². The van der Waals surface area contributed by atoms with Crippen molar-refractivity contribution in [2.45, 2.75) is 18.7 Å². The molecule has 0 unspecified atom stereocenters. The van der Waals surface area contributed by atoms with Crippen LogP contribution >= 0.6 is 11.6 Å². The van der Waals surface area contributed by atoms with Gasteiger partial charge in [-0.3, -0.25) is 9.52 Å². The average Bonchev–Trinajstić information content (AvgIpc) is 2.65. The Morgan fingerprint density at radius 2 is 1.61 bits per heavy atom. The zero-order valence-electron chi connectivity index (χ0n) is 15.4. The fourth-order valence-electron chi connectivity index (χ4n) is 2.59. The van der Waals surface area contributed by atoms with Crippen LogP contribution in [-0.2, 0) is 10.0 Å². The molecule has 3 rings (SSSR count). The van der Waals surface area contributed by atoms with Gasteiger partial charge >= 0.3 is 0 Å². The number of amides is 1. The predicted octanol–water partition coefficient (Wildman–Crippen LogP) is 5.01. The molecule has 0 saturated carbocycles. The lowest BCUT2D eigenvalue weighted by molar-refractivity contribution is 0.102. The Kier molecular flexibility index (Phi) is 5.72. The lowest BCUT2D eigenvalue weighted by Gasteiger charge is -2.12. The van der Waals surface area contributed by atoms with Crippen molar-refractivity contribution >= 4 is 38.9 Å². The van der Waals surface area contributed by atoms with Crippen LogP contribution in [0.2, 0.25) is 5.02 Å². The van der Waals surface area contributed by atoms with Crippen molar-refractivity contribution in [3.63, 3.8) is 0 Å². The lowest BCUT2D eigenvalue weighted by atomic mass is 10.1. The Bertz CT molecular complexity index is 1130. The molecule has 0 bridgehead atoms. The highest BCUT2D eigenvalue weighted by Crippen LogP contribution is 2.24. The van der Waals surface area contributed by atoms with E-state index in [4.69, 9.17) is 11.6 Å². The van der Waals surface area contributed by atoms with Gasteiger partial charge < -0.3 is 5.32 Å². The van der Waals surface area contributed by atoms with Crippen LogP contribution in [0.1, 0.15) is 21.5 Å². The van der Waals surface area contributed by atoms with Crippen molar-refractivity contribution in [2.24, 2.45) is 0 Å². The fourth-order valence-corrected chi connectivity index (χ4v) is 3.82. The number of sulfonamides is 1. The van der Waals surface area contributed by atoms with E-state index in [1.54, 1.807) is 48.5 Å². The Morgan fingerprint density at radius 1 is 0.929 bits per heavy atom. The highest BCUT2D eigenvalue weighted by molar-refractivity contribution is 7.92. The zero-order chi connectivity index (χ0) is 20.3. The van der Waals surface area contributed by atoms with Gasteiger partial charge in [0.15, 0.2) is 0 Å². The molecule has 0 heterocycles. The minimum atomic E-state index is -3.74. The molecule has 5 nitrogen and oxygen atoms in total. The maximum atomic E-state index is 12.6. The monoisotopic (exact) mass is 414 g/mol. The molecular weight excluding hydrogens is 396 g/mol. The first-order valence-corrected chi connectivity index (χ1v) is 10.4. The van der Waals surface area contributed by atoms with Crippen LogP contribution in [0.4, 0.5) is 11.4 Å². The normalized spacial score (nSPS) is 11.1. The number of hydrogen-bond donors (Lipinski definition) is 2. The van der Waals surface area contributed by atoms with E-state index in [1.807, 2.05) is 13.8 Å². The second kappa shape index (κ2) is 8.04. The number of anilines is 2. The van der Waals surface area contributed by atoms with E-state index < -0.39 is 10.0 Å². The van der Waals surface area contributed by atoms with E-state index in [9.17, 15) is 13.2 Å². The van der Waals surface area contributed by atoms with Gasteiger partial charge in [0.05, 0.1) is 4.90 Å². The first-order valence-electron chi connectivity index (χ1n) is 8.52. The number of rotatable bonds is 5. The summed E-state index contributed by atoms with van der Waals surface area (Å²) in [5.74, 6) is -0.359. The topological polar surface area (TPSA) is 75.3 Å². The molecule has 1 amide bonds. The molecule has 3 aromatic rings. The van der Waals surface area contributed by atoms with Crippen LogP contribution < -0.4 is 10.0 Å². The SMILES string of the molecule is Cc1ccc(S(=O)(=O)Nc2cccc(C(=O)Nc3cccc(Cl)c3C)c2)cc1. The van der Waals surface area contributed by atoms with Gasteiger partial charge in [-0.2, -0.15) is 0 Å². The van der Waals surface area contributed by atoms with E-state index in [0.717, 1.165) is 11.1 Å². The van der Waals surface area contributed by atoms with Gasteiger partial charge in [0.1, 0.15) is 0 Å². The van der Waals surface area contributed by atoms with Crippen molar-refractivity contribution < 1.29 is 13.2 Å². The molecule has 144 valence electrons. The van der Waals surface area contributed by atoms with Gasteiger partial charge in [0.2, 0.25) is 0 Å². The summed E-state index contributed by atoms with van der Waals surface area (Å²) in [6.45, 7) is 3.69. The number of benzene rings is 3. The Hall–Kier alpha value is -2.83. The standard InChI is InChI=1S/C21H19ClN2O3S/c1-14-9-11-18(12-10-14)28(26,27)24-17-6-3-5-16(13-17)21(25)23-20-8-4-7-19(22)15(20)2/h3-13,24H,1-2H3,(H,23,25). The van der Waals surface area contributed by atoms with Gasteiger partial charge in [-0.05, 0) is 61.9 Å². The minimum Gasteiger partial charge on any atom is -0.322 e. The smallest absolute Gasteiger partial charge is 0.261 e. The summed E-state index contributed by atoms with van der Waals surface area (Å²) in [4.78, 5) is 12.7. The molecule has 2 N–H and O–H groups in total. The largest absolute Gasteiger partial charge is 0.322 e. The summed E-state index contributed by atoms with van der Waals surface area (Å²) < 4.78 is 27.6. The van der Waals surface area contributed by atoms with Crippen LogP contribution in [0, 0.1) is 13.8 Å². The van der Waals surface area contributed by atoms with E-state index in [1.165, 1.54) is 18.2 Å². The van der Waals surface area contributed by atoms with Crippen molar-refractivity contribution in [3.8, 4) is 0 Å². The molecule has 0 aliphatic carbocycles. The van der Waals surface area contributed by atoms with Crippen LogP contribution in [0.15, 0.2) is 71.6 Å². The molecule has 0 atom stereocenters. The molecule has 0 saturated heterocycles. The van der Waals surface area contributed by atoms with Gasteiger partial charge in [-0.1, -0.05) is 41.4 Å². The average molecular weight is 415 g/mol. The maximum absolute atomic E-state index is 12.6. The summed E-state index contributed by atoms with van der Waals surface area (Å²) in [5.41, 5.74) is 2.95. The van der Waals surface area contributed by atoms with Crippen molar-refractivity contribution in [1.29, 1.82) is 0 Å². The van der Waals surface area contributed by atoms with Crippen LogP contribution in [0.5, 0.6) is 0 Å². The lowest BCUT2D eigenvalue weighted by Crippen LogP contribution is -2.15. The number of carbonyl (C=O) groups is 1. The molecule has 0 spiro atoms. The predicted molar refractivity (Wildman–Crippen MR) is 113 cm³/mol. The van der Waals surface area contributed by atoms with E-state index >= 15 is 0 Å². The van der Waals surface area contributed by atoms with Crippen LogP contribution in [-0.4, -0.2) is 14.3 Å². The molecule has 3 aromatic carbocycles. The molecule has 28 heavy (non-hydrogen) atoms. The van der Waals surface area contributed by atoms with Crippen LogP contribution in [0.3, 0.4) is 0 Å². The molecule has 0 aliphatic heterocycles. The summed E-state index contributed by atoms with van der Waals surface area (Å²) in [6.07, 6.45) is 0. The summed E-state index contributed by atoms with van der Waals surface area (Å²) in [7, 11) is -3.74. The van der Waals surface area contributed by atoms with E-state index in [2.05, 4.69) is 10.0 Å². The molecule has 7 heteroatoms. The molecule has 0 fully saturated rings. The number of hydrogen-bond acceptors (Lipinski definition) is 3. The van der Waals surface area contributed by atoms with E-state index in [-0.39, 0.29) is 10.8 Å². The summed E-state index contributed by atoms with van der Waals surface area (Å²) in [6, 6.07) is 18.1. The first-order chi connectivity index (χ1) is 13.3. The van der Waals surface area contributed by atoms with Gasteiger partial charge in [-0.15, -0.1) is 0 Å². The van der Waals surface area contributed by atoms with Gasteiger partial charge in [-0.25, -0.2) is 8.42 Å². The first kappa shape index (κ1) is 19.9. The fraction of sp³-hybridized carbons (Fsp3) is 0.0952. The molecule has 0 radical (unpaired) electrons. The van der Waals surface area contributed by atoms with Crippen molar-refractivity contribution in [2.75, 3.05) is 10.0 Å². The van der Waals surface area contributed by atoms with Crippen LogP contribution in [0.25, 0.3) is 0 Å². The van der Waals surface area contributed by atoms with E-state index in [0.29, 0.717) is 22.0 Å².